The van der Waals surface area contributed by atoms with Crippen LogP contribution in [-0.4, -0.2) is 44.1 Å². The van der Waals surface area contributed by atoms with Crippen LogP contribution in [0.4, 0.5) is 4.79 Å². The van der Waals surface area contributed by atoms with Crippen LogP contribution in [0.1, 0.15) is 39.2 Å². The topological polar surface area (TPSA) is 75.7 Å². The van der Waals surface area contributed by atoms with Gasteiger partial charge in [-0.05, 0) is 51.3 Å². The highest BCUT2D eigenvalue weighted by atomic mass is 79.9. The van der Waals surface area contributed by atoms with Crippen molar-refractivity contribution >= 4 is 32.0 Å². The Morgan fingerprint density at radius 2 is 2.12 bits per heavy atom. The van der Waals surface area contributed by atoms with Crippen molar-refractivity contribution < 1.29 is 17.9 Å². The monoisotopic (exact) mass is 432 g/mol. The number of halogens is 1. The van der Waals surface area contributed by atoms with Gasteiger partial charge in [-0.3, -0.25) is 0 Å². The summed E-state index contributed by atoms with van der Waals surface area (Å²) in [4.78, 5) is 14.0. The molecule has 8 heteroatoms. The summed E-state index contributed by atoms with van der Waals surface area (Å²) in [6.07, 6.45) is 1.02. The van der Waals surface area contributed by atoms with Crippen molar-refractivity contribution in [2.75, 3.05) is 13.1 Å². The third-order valence-corrected chi connectivity index (χ3v) is 5.92. The maximum atomic E-state index is 12.6. The molecule has 0 bridgehead atoms. The Morgan fingerprint density at radius 3 is 2.76 bits per heavy atom. The summed E-state index contributed by atoms with van der Waals surface area (Å²) in [5, 5.41) is 0.589. The van der Waals surface area contributed by atoms with Crippen molar-refractivity contribution in [1.82, 2.24) is 9.62 Å². The number of sulfonamides is 1. The van der Waals surface area contributed by atoms with Gasteiger partial charge in [0.15, 0.2) is 0 Å². The number of carbonyl (C=O) groups is 1. The third kappa shape index (κ3) is 5.97. The molecule has 1 aromatic carbocycles. The van der Waals surface area contributed by atoms with E-state index in [9.17, 15) is 13.2 Å². The molecule has 25 heavy (non-hydrogen) atoms. The van der Waals surface area contributed by atoms with E-state index in [4.69, 9.17) is 4.74 Å². The minimum atomic E-state index is -3.63. The normalized spacial score (nSPS) is 18.9. The molecule has 0 spiro atoms. The molecule has 140 valence electrons. The molecule has 1 aliphatic rings. The molecular weight excluding hydrogens is 408 g/mol. The second-order valence-electron chi connectivity index (χ2n) is 7.17. The molecule has 1 aromatic rings. The van der Waals surface area contributed by atoms with E-state index in [-0.39, 0.29) is 10.9 Å². The number of alkyl halides is 1. The molecular formula is C17H25BrN2O4S. The third-order valence-electron chi connectivity index (χ3n) is 3.76. The van der Waals surface area contributed by atoms with Crippen LogP contribution in [0.5, 0.6) is 0 Å². The summed E-state index contributed by atoms with van der Waals surface area (Å²) < 4.78 is 33.3. The fourth-order valence-electron chi connectivity index (χ4n) is 2.65. The van der Waals surface area contributed by atoms with Crippen molar-refractivity contribution in [1.29, 1.82) is 0 Å². The van der Waals surface area contributed by atoms with Gasteiger partial charge in [-0.2, -0.15) is 0 Å². The van der Waals surface area contributed by atoms with Crippen LogP contribution in [0.3, 0.4) is 0 Å². The van der Waals surface area contributed by atoms with Crippen molar-refractivity contribution in [2.24, 2.45) is 0 Å². The Hall–Kier alpha value is -1.12. The quantitative estimate of drug-likeness (QED) is 0.740. The van der Waals surface area contributed by atoms with Gasteiger partial charge in [-0.25, -0.2) is 17.9 Å². The van der Waals surface area contributed by atoms with Crippen LogP contribution in [0.2, 0.25) is 0 Å². The average Bonchev–Trinajstić information content (AvgIpc) is 2.53. The summed E-state index contributed by atoms with van der Waals surface area (Å²) in [7, 11) is -3.63. The van der Waals surface area contributed by atoms with E-state index >= 15 is 0 Å². The number of piperidine rings is 1. The zero-order chi connectivity index (χ0) is 18.7. The smallest absolute Gasteiger partial charge is 0.410 e. The van der Waals surface area contributed by atoms with Crippen molar-refractivity contribution in [3.05, 3.63) is 29.8 Å². The molecule has 0 aliphatic carbocycles. The predicted molar refractivity (Wildman–Crippen MR) is 100 cm³/mol. The van der Waals surface area contributed by atoms with Crippen LogP contribution < -0.4 is 4.72 Å². The van der Waals surface area contributed by atoms with E-state index in [0.717, 1.165) is 12.0 Å². The van der Waals surface area contributed by atoms with Gasteiger partial charge < -0.3 is 9.64 Å². The largest absolute Gasteiger partial charge is 0.444 e. The van der Waals surface area contributed by atoms with E-state index < -0.39 is 21.7 Å². The maximum absolute atomic E-state index is 12.6. The minimum Gasteiger partial charge on any atom is -0.444 e. The standard InChI is InChI=1S/C17H25BrN2O4S/c1-17(2,3)24-16(21)20-9-5-7-14(12-20)19-25(22,23)15-8-4-6-13(10-15)11-18/h4,6,8,10,14,19H,5,7,9,11-12H2,1-3H3/t14-/m0/s1. The SMILES string of the molecule is CC(C)(C)OC(=O)N1CCC[C@H](NS(=O)(=O)c2cccc(CBr)c2)C1. The number of carbonyl (C=O) groups excluding carboxylic acids is 1. The van der Waals surface area contributed by atoms with Crippen LogP contribution in [0.25, 0.3) is 0 Å². The summed E-state index contributed by atoms with van der Waals surface area (Å²) in [5.41, 5.74) is 0.321. The summed E-state index contributed by atoms with van der Waals surface area (Å²) in [5.74, 6) is 0. The van der Waals surface area contributed by atoms with Gasteiger partial charge in [0, 0.05) is 24.5 Å². The Bertz CT molecular complexity index is 716. The lowest BCUT2D eigenvalue weighted by Crippen LogP contribution is -2.50. The molecule has 0 saturated carbocycles. The fourth-order valence-corrected chi connectivity index (χ4v) is 4.33. The van der Waals surface area contributed by atoms with Crippen molar-refractivity contribution in [3.63, 3.8) is 0 Å². The van der Waals surface area contributed by atoms with Gasteiger partial charge in [0.05, 0.1) is 4.90 Å². The number of nitrogens with one attached hydrogen (secondary N) is 1. The molecule has 1 aliphatic heterocycles. The van der Waals surface area contributed by atoms with Gasteiger partial charge in [-0.15, -0.1) is 0 Å². The maximum Gasteiger partial charge on any atom is 0.410 e. The Balaban J connectivity index is 2.05. The second kappa shape index (κ2) is 8.05. The average molecular weight is 433 g/mol. The molecule has 0 radical (unpaired) electrons. The van der Waals surface area contributed by atoms with Crippen LogP contribution >= 0.6 is 15.9 Å². The van der Waals surface area contributed by atoms with Gasteiger partial charge in [0.1, 0.15) is 5.60 Å². The van der Waals surface area contributed by atoms with Crippen LogP contribution in [0.15, 0.2) is 29.2 Å². The molecule has 2 rings (SSSR count). The van der Waals surface area contributed by atoms with E-state index in [1.165, 1.54) is 0 Å². The first-order valence-electron chi connectivity index (χ1n) is 8.26. The Morgan fingerprint density at radius 1 is 1.40 bits per heavy atom. The highest BCUT2D eigenvalue weighted by molar-refractivity contribution is 9.08. The fraction of sp³-hybridized carbons (Fsp3) is 0.588. The summed E-state index contributed by atoms with van der Waals surface area (Å²) >= 11 is 3.33. The number of benzene rings is 1. The van der Waals surface area contributed by atoms with Gasteiger partial charge in [-0.1, -0.05) is 28.1 Å². The molecule has 1 fully saturated rings. The van der Waals surface area contributed by atoms with E-state index in [1.807, 2.05) is 26.8 Å². The van der Waals surface area contributed by atoms with Crippen molar-refractivity contribution in [2.45, 2.75) is 55.5 Å². The van der Waals surface area contributed by atoms with E-state index in [2.05, 4.69) is 20.7 Å². The Labute approximate surface area is 158 Å². The van der Waals surface area contributed by atoms with Crippen LogP contribution in [0, 0.1) is 0 Å². The summed E-state index contributed by atoms with van der Waals surface area (Å²) in [6.45, 7) is 6.32. The second-order valence-corrected chi connectivity index (χ2v) is 9.44. The Kier molecular flexibility index (Phi) is 6.51. The first kappa shape index (κ1) is 20.2. The zero-order valence-corrected chi connectivity index (χ0v) is 17.2. The lowest BCUT2D eigenvalue weighted by atomic mass is 10.1. The number of likely N-dealkylation sites (tertiary alicyclic amines) is 1. The van der Waals surface area contributed by atoms with Crippen molar-refractivity contribution in [3.8, 4) is 0 Å². The predicted octanol–water partition coefficient (Wildman–Crippen LogP) is 3.26. The molecule has 1 N–H and O–H groups in total. The lowest BCUT2D eigenvalue weighted by Gasteiger charge is -2.34. The number of ether oxygens (including phenoxy) is 1. The number of hydrogen-bond donors (Lipinski definition) is 1. The van der Waals surface area contributed by atoms with Gasteiger partial charge in [0.25, 0.3) is 0 Å². The molecule has 1 amide bonds. The van der Waals surface area contributed by atoms with E-state index in [1.54, 1.807) is 23.1 Å². The summed E-state index contributed by atoms with van der Waals surface area (Å²) in [6, 6.07) is 6.48. The lowest BCUT2D eigenvalue weighted by molar-refractivity contribution is 0.0195. The molecule has 1 atom stereocenters. The van der Waals surface area contributed by atoms with Gasteiger partial charge >= 0.3 is 6.09 Å². The molecule has 6 nitrogen and oxygen atoms in total. The molecule has 0 unspecified atom stereocenters. The number of amides is 1. The highest BCUT2D eigenvalue weighted by Gasteiger charge is 2.30. The molecule has 1 saturated heterocycles. The van der Waals surface area contributed by atoms with E-state index in [0.29, 0.717) is 24.8 Å². The number of nitrogens with zero attached hydrogens (tertiary/aromatic N) is 1. The zero-order valence-electron chi connectivity index (χ0n) is 14.8. The first-order valence-corrected chi connectivity index (χ1v) is 10.9. The van der Waals surface area contributed by atoms with Crippen LogP contribution in [-0.2, 0) is 20.1 Å². The number of rotatable bonds is 4. The molecule has 1 heterocycles. The first-order chi connectivity index (χ1) is 11.6. The van der Waals surface area contributed by atoms with Gasteiger partial charge in [0.2, 0.25) is 10.0 Å². The minimum absolute atomic E-state index is 0.235. The number of hydrogen-bond acceptors (Lipinski definition) is 4. The highest BCUT2D eigenvalue weighted by Crippen LogP contribution is 2.18. The molecule has 0 aromatic heterocycles.